The van der Waals surface area contributed by atoms with E-state index in [4.69, 9.17) is 5.11 Å². The Hall–Kier alpha value is -1.06. The van der Waals surface area contributed by atoms with Gasteiger partial charge in [-0.3, -0.25) is 9.59 Å². The van der Waals surface area contributed by atoms with Crippen LogP contribution in [0.2, 0.25) is 0 Å². The Morgan fingerprint density at radius 3 is 2.14 bits per heavy atom. The van der Waals surface area contributed by atoms with E-state index in [2.05, 4.69) is 0 Å². The van der Waals surface area contributed by atoms with Crippen molar-refractivity contribution in [3.8, 4) is 0 Å². The monoisotopic (exact) mass is 201 g/mol. The molecule has 0 radical (unpaired) electrons. The van der Waals surface area contributed by atoms with Crippen molar-refractivity contribution in [3.05, 3.63) is 0 Å². The van der Waals surface area contributed by atoms with Crippen molar-refractivity contribution in [2.75, 3.05) is 13.1 Å². The van der Waals surface area contributed by atoms with Crippen molar-refractivity contribution in [1.29, 1.82) is 0 Å². The molecular formula is C10H19NO3. The third-order valence-corrected chi connectivity index (χ3v) is 2.29. The van der Waals surface area contributed by atoms with Crippen LogP contribution in [0.5, 0.6) is 0 Å². The second-order valence-corrected chi connectivity index (χ2v) is 3.34. The molecule has 0 saturated heterocycles. The molecule has 0 aromatic rings. The van der Waals surface area contributed by atoms with Crippen molar-refractivity contribution < 1.29 is 14.7 Å². The Morgan fingerprint density at radius 1 is 1.29 bits per heavy atom. The summed E-state index contributed by atoms with van der Waals surface area (Å²) in [5.74, 6) is -0.980. The van der Waals surface area contributed by atoms with Gasteiger partial charge in [-0.15, -0.1) is 0 Å². The summed E-state index contributed by atoms with van der Waals surface area (Å²) in [5, 5.41) is 8.47. The third-order valence-electron chi connectivity index (χ3n) is 2.29. The third kappa shape index (κ3) is 4.25. The number of hydrogen-bond donors (Lipinski definition) is 1. The number of nitrogens with zero attached hydrogens (tertiary/aromatic N) is 1. The molecule has 0 aliphatic carbocycles. The van der Waals surface area contributed by atoms with E-state index in [-0.39, 0.29) is 18.2 Å². The quantitative estimate of drug-likeness (QED) is 0.705. The van der Waals surface area contributed by atoms with Gasteiger partial charge in [0.1, 0.15) is 0 Å². The normalized spacial score (nSPS) is 12.2. The van der Waals surface area contributed by atoms with Crippen molar-refractivity contribution in [2.45, 2.75) is 33.6 Å². The summed E-state index contributed by atoms with van der Waals surface area (Å²) in [5.41, 5.74) is 0. The maximum Gasteiger partial charge on any atom is 0.303 e. The summed E-state index contributed by atoms with van der Waals surface area (Å²) >= 11 is 0. The van der Waals surface area contributed by atoms with Crippen LogP contribution in [0.1, 0.15) is 33.6 Å². The molecule has 82 valence electrons. The van der Waals surface area contributed by atoms with Crippen molar-refractivity contribution in [3.63, 3.8) is 0 Å². The number of rotatable bonds is 6. The Morgan fingerprint density at radius 2 is 1.79 bits per heavy atom. The lowest BCUT2D eigenvalue weighted by Gasteiger charge is -2.22. The fraction of sp³-hybridized carbons (Fsp3) is 0.800. The largest absolute Gasteiger partial charge is 0.481 e. The zero-order chi connectivity index (χ0) is 11.1. The van der Waals surface area contributed by atoms with E-state index in [0.29, 0.717) is 19.5 Å². The number of aliphatic carboxylic acids is 1. The van der Waals surface area contributed by atoms with Gasteiger partial charge in [-0.25, -0.2) is 0 Å². The zero-order valence-corrected chi connectivity index (χ0v) is 9.12. The number of hydrogen-bond acceptors (Lipinski definition) is 2. The van der Waals surface area contributed by atoms with E-state index in [1.54, 1.807) is 11.8 Å². The van der Waals surface area contributed by atoms with E-state index < -0.39 is 5.97 Å². The molecule has 0 rings (SSSR count). The van der Waals surface area contributed by atoms with Gasteiger partial charge in [0.15, 0.2) is 0 Å². The van der Waals surface area contributed by atoms with Crippen LogP contribution in [0, 0.1) is 5.92 Å². The number of carbonyl (C=O) groups excluding carboxylic acids is 1. The molecule has 1 amide bonds. The van der Waals surface area contributed by atoms with Gasteiger partial charge in [0.05, 0.1) is 0 Å². The first kappa shape index (κ1) is 12.9. The standard InChI is InChI=1S/C10H19NO3/c1-4-11(5-2)10(14)8(3)6-7-9(12)13/h8H,4-7H2,1-3H3,(H,12,13). The van der Waals surface area contributed by atoms with Gasteiger partial charge in [0.25, 0.3) is 0 Å². The van der Waals surface area contributed by atoms with E-state index in [1.165, 1.54) is 0 Å². The number of carboxylic acids is 1. The van der Waals surface area contributed by atoms with Crippen LogP contribution in [0.3, 0.4) is 0 Å². The minimum absolute atomic E-state index is 0.0521. The van der Waals surface area contributed by atoms with Crippen LogP contribution in [0.4, 0.5) is 0 Å². The van der Waals surface area contributed by atoms with E-state index in [1.807, 2.05) is 13.8 Å². The molecule has 4 heteroatoms. The summed E-state index contributed by atoms with van der Waals surface area (Å²) in [6.45, 7) is 7.00. The van der Waals surface area contributed by atoms with Gasteiger partial charge in [-0.05, 0) is 20.3 Å². The Bertz CT molecular complexity index is 200. The maximum absolute atomic E-state index is 11.7. The summed E-state index contributed by atoms with van der Waals surface area (Å²) in [6, 6.07) is 0. The predicted octanol–water partition coefficient (Wildman–Crippen LogP) is 1.36. The number of amides is 1. The highest BCUT2D eigenvalue weighted by atomic mass is 16.4. The highest BCUT2D eigenvalue weighted by molar-refractivity contribution is 5.79. The maximum atomic E-state index is 11.7. The van der Waals surface area contributed by atoms with Crippen molar-refractivity contribution in [2.24, 2.45) is 5.92 Å². The van der Waals surface area contributed by atoms with Crippen molar-refractivity contribution in [1.82, 2.24) is 4.90 Å². The average Bonchev–Trinajstić information content (AvgIpc) is 2.15. The molecule has 0 spiro atoms. The van der Waals surface area contributed by atoms with Crippen molar-refractivity contribution >= 4 is 11.9 Å². The summed E-state index contributed by atoms with van der Waals surface area (Å²) in [7, 11) is 0. The predicted molar refractivity (Wildman–Crippen MR) is 54.0 cm³/mol. The van der Waals surface area contributed by atoms with Gasteiger partial charge in [0.2, 0.25) is 5.91 Å². The van der Waals surface area contributed by atoms with E-state index in [9.17, 15) is 9.59 Å². The molecule has 0 saturated carbocycles. The van der Waals surface area contributed by atoms with E-state index >= 15 is 0 Å². The first-order valence-electron chi connectivity index (χ1n) is 5.03. The molecule has 0 fully saturated rings. The topological polar surface area (TPSA) is 57.6 Å². The minimum atomic E-state index is -0.843. The summed E-state index contributed by atoms with van der Waals surface area (Å²) in [4.78, 5) is 23.7. The molecule has 1 N–H and O–H groups in total. The molecule has 1 atom stereocenters. The first-order chi connectivity index (χ1) is 6.52. The second-order valence-electron chi connectivity index (χ2n) is 3.34. The molecule has 0 heterocycles. The van der Waals surface area contributed by atoms with Crippen LogP contribution >= 0.6 is 0 Å². The van der Waals surface area contributed by atoms with Crippen LogP contribution in [0.15, 0.2) is 0 Å². The molecule has 0 aliphatic heterocycles. The lowest BCUT2D eigenvalue weighted by atomic mass is 10.0. The molecule has 0 aromatic carbocycles. The molecule has 4 nitrogen and oxygen atoms in total. The number of carboxylic acid groups (broad SMARTS) is 1. The number of carbonyl (C=O) groups is 2. The van der Waals surface area contributed by atoms with Gasteiger partial charge < -0.3 is 10.0 Å². The lowest BCUT2D eigenvalue weighted by Crippen LogP contribution is -2.35. The van der Waals surface area contributed by atoms with Gasteiger partial charge >= 0.3 is 5.97 Å². The highest BCUT2D eigenvalue weighted by Crippen LogP contribution is 2.09. The minimum Gasteiger partial charge on any atom is -0.481 e. The lowest BCUT2D eigenvalue weighted by molar-refractivity contribution is -0.138. The fourth-order valence-corrected chi connectivity index (χ4v) is 1.31. The molecule has 0 aromatic heterocycles. The van der Waals surface area contributed by atoms with Gasteiger partial charge in [-0.1, -0.05) is 6.92 Å². The highest BCUT2D eigenvalue weighted by Gasteiger charge is 2.18. The van der Waals surface area contributed by atoms with E-state index in [0.717, 1.165) is 0 Å². The van der Waals surface area contributed by atoms with Crippen LogP contribution < -0.4 is 0 Å². The summed E-state index contributed by atoms with van der Waals surface area (Å²) < 4.78 is 0. The summed E-state index contributed by atoms with van der Waals surface area (Å²) in [6.07, 6.45) is 0.485. The van der Waals surface area contributed by atoms with Crippen LogP contribution in [-0.4, -0.2) is 35.0 Å². The second kappa shape index (κ2) is 6.40. The smallest absolute Gasteiger partial charge is 0.303 e. The van der Waals surface area contributed by atoms with Crippen LogP contribution in [-0.2, 0) is 9.59 Å². The Labute approximate surface area is 84.9 Å². The fourth-order valence-electron chi connectivity index (χ4n) is 1.31. The average molecular weight is 201 g/mol. The molecule has 0 aliphatic rings. The first-order valence-corrected chi connectivity index (χ1v) is 5.03. The Balaban J connectivity index is 4.03. The molecule has 1 unspecified atom stereocenters. The zero-order valence-electron chi connectivity index (χ0n) is 9.12. The SMILES string of the molecule is CCN(CC)C(=O)C(C)CCC(=O)O. The molecular weight excluding hydrogens is 182 g/mol. The van der Waals surface area contributed by atoms with Gasteiger partial charge in [0, 0.05) is 25.4 Å². The molecule has 14 heavy (non-hydrogen) atoms. The Kier molecular flexibility index (Phi) is 5.92. The molecule has 0 bridgehead atoms. The van der Waals surface area contributed by atoms with Crippen LogP contribution in [0.25, 0.3) is 0 Å². The van der Waals surface area contributed by atoms with Gasteiger partial charge in [-0.2, -0.15) is 0 Å².